The van der Waals surface area contributed by atoms with Gasteiger partial charge in [0, 0.05) is 5.92 Å². The van der Waals surface area contributed by atoms with Crippen molar-refractivity contribution < 1.29 is 4.79 Å². The highest BCUT2D eigenvalue weighted by molar-refractivity contribution is 5.85. The fourth-order valence-electron chi connectivity index (χ4n) is 0.896. The van der Waals surface area contributed by atoms with Gasteiger partial charge in [-0.15, -0.1) is 12.4 Å². The number of carbonyl (C=O) groups is 1. The Morgan fingerprint density at radius 3 is 2.10 bits per heavy atom. The highest BCUT2D eigenvalue weighted by Gasteiger charge is 2.09. The van der Waals surface area contributed by atoms with Crippen molar-refractivity contribution in [2.45, 2.75) is 33.1 Å². The molecule has 0 aromatic heterocycles. The maximum atomic E-state index is 10.5. The largest absolute Gasteiger partial charge is 0.369 e. The molecule has 0 fully saturated rings. The van der Waals surface area contributed by atoms with Crippen molar-refractivity contribution in [1.29, 1.82) is 0 Å². The van der Waals surface area contributed by atoms with Gasteiger partial charge in [-0.25, -0.2) is 0 Å². The number of rotatable bonds is 4. The molecule has 1 atom stereocenters. The molecule has 0 aliphatic rings. The van der Waals surface area contributed by atoms with E-state index in [2.05, 4.69) is 6.92 Å². The Balaban J connectivity index is 0. The summed E-state index contributed by atoms with van der Waals surface area (Å²) in [6.07, 6.45) is 2.86. The zero-order valence-electron chi connectivity index (χ0n) is 6.59. The summed E-state index contributed by atoms with van der Waals surface area (Å²) in [5.74, 6) is -0.0469. The van der Waals surface area contributed by atoms with Gasteiger partial charge in [0.25, 0.3) is 0 Å². The number of primary amides is 1. The molecular weight excluding hydrogens is 150 g/mol. The number of hydrogen-bond donors (Lipinski definition) is 1. The van der Waals surface area contributed by atoms with Crippen LogP contribution in [0.1, 0.15) is 33.1 Å². The minimum Gasteiger partial charge on any atom is -0.369 e. The first-order chi connectivity index (χ1) is 4.22. The summed E-state index contributed by atoms with van der Waals surface area (Å²) in [7, 11) is 0. The highest BCUT2D eigenvalue weighted by atomic mass is 35.5. The minimum absolute atomic E-state index is 0. The van der Waals surface area contributed by atoms with Crippen molar-refractivity contribution in [2.24, 2.45) is 11.7 Å². The van der Waals surface area contributed by atoms with Crippen molar-refractivity contribution in [3.05, 3.63) is 0 Å². The summed E-state index contributed by atoms with van der Waals surface area (Å²) >= 11 is 0. The molecule has 0 saturated heterocycles. The van der Waals surface area contributed by atoms with Crippen molar-refractivity contribution in [3.8, 4) is 0 Å². The van der Waals surface area contributed by atoms with Crippen LogP contribution in [0, 0.1) is 5.92 Å². The second-order valence-corrected chi connectivity index (χ2v) is 2.30. The van der Waals surface area contributed by atoms with Crippen LogP contribution in [0.3, 0.4) is 0 Å². The Hall–Kier alpha value is -0.240. The Morgan fingerprint density at radius 1 is 1.50 bits per heavy atom. The number of hydrogen-bond acceptors (Lipinski definition) is 1. The summed E-state index contributed by atoms with van der Waals surface area (Å²) in [6, 6.07) is 0. The van der Waals surface area contributed by atoms with Crippen LogP contribution in [0.4, 0.5) is 0 Å². The third kappa shape index (κ3) is 4.62. The standard InChI is InChI=1S/C7H15NO.ClH/c1-3-5-6(4-2)7(8)9;/h6H,3-5H2,1-2H3,(H2,8,9);1H. The van der Waals surface area contributed by atoms with Gasteiger partial charge < -0.3 is 5.73 Å². The molecule has 1 amide bonds. The highest BCUT2D eigenvalue weighted by Crippen LogP contribution is 2.08. The molecule has 0 spiro atoms. The lowest BCUT2D eigenvalue weighted by Gasteiger charge is -2.06. The van der Waals surface area contributed by atoms with Gasteiger partial charge in [-0.2, -0.15) is 0 Å². The van der Waals surface area contributed by atoms with Crippen LogP contribution >= 0.6 is 12.4 Å². The smallest absolute Gasteiger partial charge is 0.220 e. The maximum Gasteiger partial charge on any atom is 0.220 e. The van der Waals surface area contributed by atoms with Crippen LogP contribution in [0.2, 0.25) is 0 Å². The summed E-state index contributed by atoms with van der Waals surface area (Å²) in [5.41, 5.74) is 5.09. The van der Waals surface area contributed by atoms with Crippen molar-refractivity contribution in [3.63, 3.8) is 0 Å². The van der Waals surface area contributed by atoms with Gasteiger partial charge in [0.2, 0.25) is 5.91 Å². The second kappa shape index (κ2) is 6.87. The van der Waals surface area contributed by atoms with Gasteiger partial charge >= 0.3 is 0 Å². The Kier molecular flexibility index (Phi) is 8.55. The fourth-order valence-corrected chi connectivity index (χ4v) is 0.896. The Morgan fingerprint density at radius 2 is 2.00 bits per heavy atom. The molecule has 0 saturated carbocycles. The molecule has 0 heterocycles. The maximum absolute atomic E-state index is 10.5. The molecule has 3 heteroatoms. The van der Waals surface area contributed by atoms with Crippen LogP contribution in [-0.2, 0) is 4.79 Å². The number of nitrogens with two attached hydrogens (primary N) is 1. The summed E-state index contributed by atoms with van der Waals surface area (Å²) in [4.78, 5) is 10.5. The van der Waals surface area contributed by atoms with E-state index in [-0.39, 0.29) is 24.2 Å². The summed E-state index contributed by atoms with van der Waals surface area (Å²) < 4.78 is 0. The van der Waals surface area contributed by atoms with E-state index in [0.29, 0.717) is 0 Å². The quantitative estimate of drug-likeness (QED) is 0.678. The lowest BCUT2D eigenvalue weighted by Crippen LogP contribution is -2.22. The summed E-state index contributed by atoms with van der Waals surface area (Å²) in [5, 5.41) is 0. The first-order valence-electron chi connectivity index (χ1n) is 3.51. The molecule has 0 aliphatic heterocycles. The van der Waals surface area contributed by atoms with E-state index in [9.17, 15) is 4.79 Å². The third-order valence-electron chi connectivity index (χ3n) is 1.53. The Bertz CT molecular complexity index is 95.6. The van der Waals surface area contributed by atoms with E-state index in [1.165, 1.54) is 0 Å². The molecule has 0 rings (SSSR count). The van der Waals surface area contributed by atoms with Crippen LogP contribution in [-0.4, -0.2) is 5.91 Å². The van der Waals surface area contributed by atoms with Crippen LogP contribution in [0.25, 0.3) is 0 Å². The number of halogens is 1. The van der Waals surface area contributed by atoms with Crippen LogP contribution < -0.4 is 5.73 Å². The molecule has 0 aromatic carbocycles. The van der Waals surface area contributed by atoms with E-state index in [0.717, 1.165) is 19.3 Å². The van der Waals surface area contributed by atoms with Crippen molar-refractivity contribution >= 4 is 18.3 Å². The molecule has 0 aliphatic carbocycles. The van der Waals surface area contributed by atoms with E-state index in [4.69, 9.17) is 5.73 Å². The number of amides is 1. The van der Waals surface area contributed by atoms with Gasteiger partial charge in [0.1, 0.15) is 0 Å². The van der Waals surface area contributed by atoms with Gasteiger partial charge in [-0.1, -0.05) is 20.3 Å². The fraction of sp³-hybridized carbons (Fsp3) is 0.857. The lowest BCUT2D eigenvalue weighted by atomic mass is 10.0. The SMILES string of the molecule is CCCC(CC)C(N)=O.Cl. The monoisotopic (exact) mass is 165 g/mol. The first kappa shape index (κ1) is 12.4. The van der Waals surface area contributed by atoms with Gasteiger partial charge in [-0.05, 0) is 12.8 Å². The molecule has 2 N–H and O–H groups in total. The molecular formula is C7H16ClNO. The van der Waals surface area contributed by atoms with Crippen molar-refractivity contribution in [1.82, 2.24) is 0 Å². The lowest BCUT2D eigenvalue weighted by molar-refractivity contribution is -0.122. The van der Waals surface area contributed by atoms with Gasteiger partial charge in [0.15, 0.2) is 0 Å². The first-order valence-corrected chi connectivity index (χ1v) is 3.51. The average Bonchev–Trinajstić information content (AvgIpc) is 1.82. The molecule has 0 bridgehead atoms. The summed E-state index contributed by atoms with van der Waals surface area (Å²) in [6.45, 7) is 4.05. The molecule has 0 aromatic rings. The van der Waals surface area contributed by atoms with Gasteiger partial charge in [-0.3, -0.25) is 4.79 Å². The van der Waals surface area contributed by atoms with E-state index in [1.54, 1.807) is 0 Å². The number of carbonyl (C=O) groups excluding carboxylic acids is 1. The second-order valence-electron chi connectivity index (χ2n) is 2.30. The Labute approximate surface area is 68.6 Å². The van der Waals surface area contributed by atoms with Crippen LogP contribution in [0.5, 0.6) is 0 Å². The normalized spacial score (nSPS) is 11.8. The zero-order chi connectivity index (χ0) is 7.28. The molecule has 0 radical (unpaired) electrons. The minimum atomic E-state index is -0.153. The predicted octanol–water partition coefficient (Wildman–Crippen LogP) is 1.72. The predicted molar refractivity (Wildman–Crippen MR) is 45.1 cm³/mol. The van der Waals surface area contributed by atoms with Gasteiger partial charge in [0.05, 0.1) is 0 Å². The van der Waals surface area contributed by atoms with E-state index < -0.39 is 0 Å². The third-order valence-corrected chi connectivity index (χ3v) is 1.53. The zero-order valence-corrected chi connectivity index (χ0v) is 7.41. The average molecular weight is 166 g/mol. The molecule has 10 heavy (non-hydrogen) atoms. The van der Waals surface area contributed by atoms with E-state index >= 15 is 0 Å². The van der Waals surface area contributed by atoms with E-state index in [1.807, 2.05) is 6.92 Å². The molecule has 2 nitrogen and oxygen atoms in total. The van der Waals surface area contributed by atoms with Crippen LogP contribution in [0.15, 0.2) is 0 Å². The molecule has 1 unspecified atom stereocenters. The van der Waals surface area contributed by atoms with Crippen molar-refractivity contribution in [2.75, 3.05) is 0 Å². The molecule has 62 valence electrons. The topological polar surface area (TPSA) is 43.1 Å².